The predicted octanol–water partition coefficient (Wildman–Crippen LogP) is 2.84. The molecule has 16 heteroatoms. The van der Waals surface area contributed by atoms with Crippen molar-refractivity contribution < 1.29 is 61.9 Å². The van der Waals surface area contributed by atoms with Crippen molar-refractivity contribution in [2.24, 2.45) is 0 Å². The fourth-order valence-corrected chi connectivity index (χ4v) is 5.25. The Hall–Kier alpha value is -4.93. The van der Waals surface area contributed by atoms with Gasteiger partial charge in [0.15, 0.2) is 18.3 Å². The monoisotopic (exact) mass is 731 g/mol. The zero-order chi connectivity index (χ0) is 38.6. The van der Waals surface area contributed by atoms with Gasteiger partial charge in [0.1, 0.15) is 19.1 Å². The van der Waals surface area contributed by atoms with Crippen LogP contribution in [0.2, 0.25) is 0 Å². The highest BCUT2D eigenvalue weighted by Crippen LogP contribution is 2.33. The molecule has 2 aromatic rings. The van der Waals surface area contributed by atoms with Gasteiger partial charge in [0, 0.05) is 40.3 Å². The second kappa shape index (κ2) is 19.1. The Kier molecular flexibility index (Phi) is 15.2. The number of hydrogen-bond donors (Lipinski definition) is 1. The molecule has 2 aromatic carbocycles. The van der Waals surface area contributed by atoms with Gasteiger partial charge in [-0.1, -0.05) is 36.4 Å². The van der Waals surface area contributed by atoms with Crippen molar-refractivity contribution in [2.75, 3.05) is 46.8 Å². The Bertz CT molecular complexity index is 1530. The third-order valence-electron chi connectivity index (χ3n) is 7.67. The van der Waals surface area contributed by atoms with E-state index in [9.17, 15) is 24.0 Å². The molecule has 2 N–H and O–H groups in total. The molecular weight excluding hydrogens is 682 g/mol. The number of nitrogens with two attached hydrogens (primary N) is 1. The number of ether oxygens (including phenoxy) is 8. The van der Waals surface area contributed by atoms with Crippen molar-refractivity contribution in [1.82, 2.24) is 9.80 Å². The number of hydrogen-bond acceptors (Lipinski definition) is 15. The lowest BCUT2D eigenvalue weighted by molar-refractivity contribution is -0.282. The molecule has 286 valence electrons. The first-order valence-corrected chi connectivity index (χ1v) is 16.5. The summed E-state index contributed by atoms with van der Waals surface area (Å²) in [6, 6.07) is 14.4. The van der Waals surface area contributed by atoms with Gasteiger partial charge in [-0.15, -0.1) is 0 Å². The number of benzene rings is 2. The zero-order valence-corrected chi connectivity index (χ0v) is 30.8. The normalized spacial score (nSPS) is 20.0. The minimum Gasteiger partial charge on any atom is -0.467 e. The highest BCUT2D eigenvalue weighted by Gasteiger charge is 2.56. The topological polar surface area (TPSA) is 192 Å². The molecule has 5 atom stereocenters. The van der Waals surface area contributed by atoms with E-state index in [1.807, 2.05) is 63.2 Å². The van der Waals surface area contributed by atoms with E-state index < -0.39 is 66.3 Å². The van der Waals surface area contributed by atoms with E-state index in [2.05, 4.69) is 0 Å². The molecular formula is C36H49N3O13. The quantitative estimate of drug-likeness (QED) is 0.115. The van der Waals surface area contributed by atoms with Crippen LogP contribution in [0.3, 0.4) is 0 Å². The molecule has 0 aliphatic carbocycles. The first-order valence-electron chi connectivity index (χ1n) is 16.5. The highest BCUT2D eigenvalue weighted by molar-refractivity contribution is 5.77. The number of rotatable bonds is 16. The molecule has 1 aliphatic rings. The SMILES string of the molecule is COC(=O)C1O[C@H](Oc2ccc(COC(=O)N(CCN(C)C)COC(C)(C)Cc3ccccc3)cc2N)C(OC(C)=O)[C@@H](OC(C)=O)C1OC(C)=O. The Morgan fingerprint density at radius 2 is 1.44 bits per heavy atom. The summed E-state index contributed by atoms with van der Waals surface area (Å²) >= 11 is 0. The van der Waals surface area contributed by atoms with Crippen LogP contribution in [-0.4, -0.2) is 117 Å². The Labute approximate surface area is 303 Å². The predicted molar refractivity (Wildman–Crippen MR) is 184 cm³/mol. The minimum atomic E-state index is -1.64. The van der Waals surface area contributed by atoms with Gasteiger partial charge in [0.25, 0.3) is 0 Å². The highest BCUT2D eigenvalue weighted by atomic mass is 16.7. The smallest absolute Gasteiger partial charge is 0.411 e. The Morgan fingerprint density at radius 1 is 0.827 bits per heavy atom. The van der Waals surface area contributed by atoms with Gasteiger partial charge in [-0.25, -0.2) is 9.59 Å². The van der Waals surface area contributed by atoms with E-state index in [-0.39, 0.29) is 24.8 Å². The lowest BCUT2D eigenvalue weighted by Gasteiger charge is -2.43. The van der Waals surface area contributed by atoms with Gasteiger partial charge >= 0.3 is 30.0 Å². The Morgan fingerprint density at radius 3 is 2.02 bits per heavy atom. The summed E-state index contributed by atoms with van der Waals surface area (Å²) in [6.45, 7) is 7.96. The second-order valence-corrected chi connectivity index (χ2v) is 13.0. The lowest BCUT2D eigenvalue weighted by atomic mass is 9.97. The van der Waals surface area contributed by atoms with Gasteiger partial charge in [0.2, 0.25) is 12.4 Å². The first kappa shape index (κ1) is 41.5. The van der Waals surface area contributed by atoms with Crippen LogP contribution in [0.1, 0.15) is 45.7 Å². The first-order chi connectivity index (χ1) is 24.5. The molecule has 1 amide bonds. The van der Waals surface area contributed by atoms with E-state index in [0.29, 0.717) is 25.1 Å². The number of amides is 1. The molecule has 1 heterocycles. The molecule has 1 fully saturated rings. The summed E-state index contributed by atoms with van der Waals surface area (Å²) in [6.07, 6.45) is -7.78. The van der Waals surface area contributed by atoms with Gasteiger partial charge in [0.05, 0.1) is 18.4 Å². The molecule has 1 aliphatic heterocycles. The maximum Gasteiger partial charge on any atom is 0.411 e. The van der Waals surface area contributed by atoms with Gasteiger partial charge < -0.3 is 48.5 Å². The number of carbonyl (C=O) groups excluding carboxylic acids is 5. The molecule has 3 unspecified atom stereocenters. The van der Waals surface area contributed by atoms with Gasteiger partial charge in [-0.3, -0.25) is 19.3 Å². The maximum absolute atomic E-state index is 13.2. The average molecular weight is 732 g/mol. The van der Waals surface area contributed by atoms with Crippen molar-refractivity contribution >= 4 is 35.7 Å². The molecule has 1 saturated heterocycles. The van der Waals surface area contributed by atoms with Crippen molar-refractivity contribution in [3.05, 3.63) is 59.7 Å². The lowest BCUT2D eigenvalue weighted by Crippen LogP contribution is -2.64. The summed E-state index contributed by atoms with van der Waals surface area (Å²) in [7, 11) is 4.87. The third-order valence-corrected chi connectivity index (χ3v) is 7.67. The van der Waals surface area contributed by atoms with Crippen molar-refractivity contribution in [3.8, 4) is 5.75 Å². The summed E-state index contributed by atoms with van der Waals surface area (Å²) in [5.41, 5.74) is 7.43. The average Bonchev–Trinajstić information content (AvgIpc) is 3.06. The second-order valence-electron chi connectivity index (χ2n) is 13.0. The van der Waals surface area contributed by atoms with Crippen LogP contribution in [0.25, 0.3) is 0 Å². The molecule has 0 spiro atoms. The number of carbonyl (C=O) groups is 5. The van der Waals surface area contributed by atoms with Gasteiger partial charge in [-0.05, 0) is 51.2 Å². The number of likely N-dealkylation sites (N-methyl/N-ethyl adjacent to an activating group) is 1. The minimum absolute atomic E-state index is 0.00549. The maximum atomic E-state index is 13.2. The van der Waals surface area contributed by atoms with Crippen molar-refractivity contribution in [2.45, 2.75) is 84.0 Å². The third kappa shape index (κ3) is 12.7. The molecule has 0 bridgehead atoms. The summed E-state index contributed by atoms with van der Waals surface area (Å²) < 4.78 is 44.4. The van der Waals surface area contributed by atoms with Crippen LogP contribution >= 0.6 is 0 Å². The number of methoxy groups -OCH3 is 1. The largest absolute Gasteiger partial charge is 0.467 e. The van der Waals surface area contributed by atoms with Crippen LogP contribution in [-0.2, 0) is 65.4 Å². The van der Waals surface area contributed by atoms with Gasteiger partial charge in [-0.2, -0.15) is 0 Å². The number of nitrogens with zero attached hydrogens (tertiary/aromatic N) is 2. The Balaban J connectivity index is 1.76. The van der Waals surface area contributed by atoms with E-state index in [1.165, 1.54) is 17.0 Å². The van der Waals surface area contributed by atoms with Crippen LogP contribution in [0.5, 0.6) is 5.75 Å². The van der Waals surface area contributed by atoms with Crippen LogP contribution < -0.4 is 10.5 Å². The van der Waals surface area contributed by atoms with Crippen LogP contribution in [0.4, 0.5) is 10.5 Å². The molecule has 3 rings (SSSR count). The molecule has 0 aromatic heterocycles. The van der Waals surface area contributed by atoms with E-state index in [0.717, 1.165) is 33.4 Å². The number of esters is 4. The summed E-state index contributed by atoms with van der Waals surface area (Å²) in [4.78, 5) is 65.5. The fourth-order valence-electron chi connectivity index (χ4n) is 5.25. The summed E-state index contributed by atoms with van der Waals surface area (Å²) in [5, 5.41) is 0. The number of nitrogen functional groups attached to an aromatic ring is 1. The van der Waals surface area contributed by atoms with Crippen LogP contribution in [0.15, 0.2) is 48.5 Å². The standard InChI is InChI=1S/C36H49N3O13/c1-22(40)48-29-30(49-23(2)41)32(50-24(3)42)34(52-31(29)33(43)45-8)51-28-15-14-26(18-27(28)37)20-46-35(44)39(17-16-38(6)7)21-47-36(4,5)19-25-12-10-9-11-13-25/h9-15,18,29-32,34H,16-17,19-21,37H2,1-8H3/t29?,30-,31?,32?,34-/m0/s1. The molecule has 52 heavy (non-hydrogen) atoms. The van der Waals surface area contributed by atoms with Crippen molar-refractivity contribution in [3.63, 3.8) is 0 Å². The van der Waals surface area contributed by atoms with E-state index in [4.69, 9.17) is 43.6 Å². The van der Waals surface area contributed by atoms with E-state index >= 15 is 0 Å². The molecule has 0 radical (unpaired) electrons. The summed E-state index contributed by atoms with van der Waals surface area (Å²) in [5.74, 6) is -3.43. The fraction of sp³-hybridized carbons (Fsp3) is 0.528. The molecule has 16 nitrogen and oxygen atoms in total. The zero-order valence-electron chi connectivity index (χ0n) is 30.8. The van der Waals surface area contributed by atoms with Crippen molar-refractivity contribution in [1.29, 1.82) is 0 Å². The van der Waals surface area contributed by atoms with Crippen LogP contribution in [0, 0.1) is 0 Å². The van der Waals surface area contributed by atoms with E-state index in [1.54, 1.807) is 6.07 Å². The number of anilines is 1. The molecule has 0 saturated carbocycles.